The average Bonchev–Trinajstić information content (AvgIpc) is 2.52. The van der Waals surface area contributed by atoms with Gasteiger partial charge in [0.15, 0.2) is 0 Å². The Bertz CT molecular complexity index is 161. The van der Waals surface area contributed by atoms with Crippen molar-refractivity contribution in [2.24, 2.45) is 5.92 Å². The van der Waals surface area contributed by atoms with Gasteiger partial charge in [-0.05, 0) is 44.6 Å². The summed E-state index contributed by atoms with van der Waals surface area (Å²) in [5.41, 5.74) is 0. The Hall–Kier alpha value is -0.0800. The minimum absolute atomic E-state index is 0.787. The molecule has 16 heavy (non-hydrogen) atoms. The maximum Gasteiger partial charge on any atom is 0.0462 e. The predicted octanol–water partition coefficient (Wildman–Crippen LogP) is 3.36. The second-order valence-electron chi connectivity index (χ2n) is 5.17. The zero-order valence-corrected chi connectivity index (χ0v) is 11.1. The summed E-state index contributed by atoms with van der Waals surface area (Å²) in [6, 6.07) is 0.787. The van der Waals surface area contributed by atoms with E-state index in [1.807, 2.05) is 0 Å². The molecule has 0 saturated heterocycles. The molecule has 1 aliphatic rings. The van der Waals surface area contributed by atoms with Gasteiger partial charge in [0.2, 0.25) is 0 Å². The maximum absolute atomic E-state index is 5.14. The Kier molecular flexibility index (Phi) is 7.87. The van der Waals surface area contributed by atoms with Gasteiger partial charge in [0.25, 0.3) is 0 Å². The molecule has 0 bridgehead atoms. The fourth-order valence-electron chi connectivity index (χ4n) is 2.77. The Morgan fingerprint density at radius 3 is 2.81 bits per heavy atom. The van der Waals surface area contributed by atoms with Crippen LogP contribution in [0.25, 0.3) is 0 Å². The van der Waals surface area contributed by atoms with E-state index in [2.05, 4.69) is 12.2 Å². The Morgan fingerprint density at radius 1 is 1.25 bits per heavy atom. The van der Waals surface area contributed by atoms with Gasteiger partial charge in [0, 0.05) is 19.8 Å². The highest BCUT2D eigenvalue weighted by Crippen LogP contribution is 2.26. The van der Waals surface area contributed by atoms with E-state index >= 15 is 0 Å². The Balaban J connectivity index is 2.22. The number of rotatable bonds is 7. The van der Waals surface area contributed by atoms with E-state index in [1.165, 1.54) is 57.9 Å². The van der Waals surface area contributed by atoms with E-state index in [0.717, 1.165) is 18.6 Å². The highest BCUT2D eigenvalue weighted by Gasteiger charge is 2.19. The van der Waals surface area contributed by atoms with Gasteiger partial charge >= 0.3 is 0 Å². The molecular formula is C14H29NO. The molecule has 0 radical (unpaired) electrons. The topological polar surface area (TPSA) is 21.3 Å². The highest BCUT2D eigenvalue weighted by atomic mass is 16.5. The van der Waals surface area contributed by atoms with Crippen LogP contribution in [0.1, 0.15) is 58.3 Å². The van der Waals surface area contributed by atoms with Crippen molar-refractivity contribution in [3.8, 4) is 0 Å². The molecule has 0 aromatic carbocycles. The first-order chi connectivity index (χ1) is 7.86. The quantitative estimate of drug-likeness (QED) is 0.532. The molecule has 0 spiro atoms. The summed E-state index contributed by atoms with van der Waals surface area (Å²) in [5, 5.41) is 3.70. The molecule has 1 N–H and O–H groups in total. The van der Waals surface area contributed by atoms with Crippen molar-refractivity contribution in [2.75, 3.05) is 20.3 Å². The van der Waals surface area contributed by atoms with Gasteiger partial charge in [0.1, 0.15) is 0 Å². The van der Waals surface area contributed by atoms with Gasteiger partial charge in [-0.3, -0.25) is 0 Å². The first kappa shape index (κ1) is 14.0. The van der Waals surface area contributed by atoms with Crippen LogP contribution in [0.5, 0.6) is 0 Å². The van der Waals surface area contributed by atoms with E-state index in [-0.39, 0.29) is 0 Å². The van der Waals surface area contributed by atoms with E-state index in [0.29, 0.717) is 0 Å². The SMILES string of the molecule is CCCNC1CCCCC(CCCOC)C1. The van der Waals surface area contributed by atoms with Crippen molar-refractivity contribution >= 4 is 0 Å². The zero-order chi connectivity index (χ0) is 11.6. The van der Waals surface area contributed by atoms with Crippen LogP contribution in [0, 0.1) is 5.92 Å². The fourth-order valence-corrected chi connectivity index (χ4v) is 2.77. The van der Waals surface area contributed by atoms with Crippen LogP contribution in [-0.2, 0) is 4.74 Å². The van der Waals surface area contributed by atoms with Gasteiger partial charge in [-0.1, -0.05) is 26.2 Å². The van der Waals surface area contributed by atoms with Crippen LogP contribution >= 0.6 is 0 Å². The molecule has 0 aromatic rings. The molecular weight excluding hydrogens is 198 g/mol. The number of methoxy groups -OCH3 is 1. The molecule has 96 valence electrons. The number of ether oxygens (including phenoxy) is 1. The average molecular weight is 227 g/mol. The summed E-state index contributed by atoms with van der Waals surface area (Å²) in [6.45, 7) is 4.37. The lowest BCUT2D eigenvalue weighted by atomic mass is 9.93. The van der Waals surface area contributed by atoms with Gasteiger partial charge in [0.05, 0.1) is 0 Å². The van der Waals surface area contributed by atoms with E-state index in [1.54, 1.807) is 7.11 Å². The summed E-state index contributed by atoms with van der Waals surface area (Å²) >= 11 is 0. The summed E-state index contributed by atoms with van der Waals surface area (Å²) in [4.78, 5) is 0. The van der Waals surface area contributed by atoms with E-state index in [4.69, 9.17) is 4.74 Å². The molecule has 2 heteroatoms. The van der Waals surface area contributed by atoms with Crippen molar-refractivity contribution in [2.45, 2.75) is 64.3 Å². The molecule has 2 atom stereocenters. The molecule has 1 saturated carbocycles. The van der Waals surface area contributed by atoms with Crippen LogP contribution in [0.15, 0.2) is 0 Å². The number of nitrogens with one attached hydrogen (secondary N) is 1. The van der Waals surface area contributed by atoms with Crippen molar-refractivity contribution in [3.63, 3.8) is 0 Å². The zero-order valence-electron chi connectivity index (χ0n) is 11.1. The predicted molar refractivity (Wildman–Crippen MR) is 69.8 cm³/mol. The first-order valence-corrected chi connectivity index (χ1v) is 7.09. The summed E-state index contributed by atoms with van der Waals surface area (Å²) in [5.74, 6) is 0.937. The third-order valence-corrected chi connectivity index (χ3v) is 3.68. The summed E-state index contributed by atoms with van der Waals surface area (Å²) in [6.07, 6.45) is 10.9. The highest BCUT2D eigenvalue weighted by molar-refractivity contribution is 4.76. The largest absolute Gasteiger partial charge is 0.385 e. The van der Waals surface area contributed by atoms with Crippen LogP contribution in [0.3, 0.4) is 0 Å². The molecule has 0 aromatic heterocycles. The minimum atomic E-state index is 0.787. The first-order valence-electron chi connectivity index (χ1n) is 7.09. The van der Waals surface area contributed by atoms with Crippen LogP contribution in [0.2, 0.25) is 0 Å². The van der Waals surface area contributed by atoms with Gasteiger partial charge in [-0.15, -0.1) is 0 Å². The van der Waals surface area contributed by atoms with Crippen molar-refractivity contribution < 1.29 is 4.74 Å². The van der Waals surface area contributed by atoms with Crippen LogP contribution in [-0.4, -0.2) is 26.3 Å². The maximum atomic E-state index is 5.14. The smallest absolute Gasteiger partial charge is 0.0462 e. The molecule has 1 aliphatic carbocycles. The Morgan fingerprint density at radius 2 is 2.06 bits per heavy atom. The van der Waals surface area contributed by atoms with Crippen molar-refractivity contribution in [1.82, 2.24) is 5.32 Å². The molecule has 0 heterocycles. The number of hydrogen-bond acceptors (Lipinski definition) is 2. The van der Waals surface area contributed by atoms with Crippen molar-refractivity contribution in [1.29, 1.82) is 0 Å². The second-order valence-corrected chi connectivity index (χ2v) is 5.17. The fraction of sp³-hybridized carbons (Fsp3) is 1.00. The second kappa shape index (κ2) is 9.00. The van der Waals surface area contributed by atoms with E-state index < -0.39 is 0 Å². The lowest BCUT2D eigenvalue weighted by Gasteiger charge is -2.21. The minimum Gasteiger partial charge on any atom is -0.385 e. The molecule has 0 aliphatic heterocycles. The van der Waals surface area contributed by atoms with Crippen LogP contribution in [0.4, 0.5) is 0 Å². The normalized spacial score (nSPS) is 26.6. The molecule has 0 amide bonds. The third kappa shape index (κ3) is 5.86. The molecule has 1 fully saturated rings. The number of hydrogen-bond donors (Lipinski definition) is 1. The van der Waals surface area contributed by atoms with Gasteiger partial charge < -0.3 is 10.1 Å². The summed E-state index contributed by atoms with van der Waals surface area (Å²) < 4.78 is 5.14. The van der Waals surface area contributed by atoms with Crippen molar-refractivity contribution in [3.05, 3.63) is 0 Å². The third-order valence-electron chi connectivity index (χ3n) is 3.68. The standard InChI is InChI=1S/C14H29NO/c1-3-10-15-14-9-5-4-7-13(12-14)8-6-11-16-2/h13-15H,3-12H2,1-2H3. The molecule has 1 rings (SSSR count). The Labute approximate surface area is 101 Å². The lowest BCUT2D eigenvalue weighted by Crippen LogP contribution is -2.30. The lowest BCUT2D eigenvalue weighted by molar-refractivity contribution is 0.184. The summed E-state index contributed by atoms with van der Waals surface area (Å²) in [7, 11) is 1.80. The van der Waals surface area contributed by atoms with Crippen LogP contribution < -0.4 is 5.32 Å². The van der Waals surface area contributed by atoms with E-state index in [9.17, 15) is 0 Å². The van der Waals surface area contributed by atoms with Gasteiger partial charge in [-0.2, -0.15) is 0 Å². The monoisotopic (exact) mass is 227 g/mol. The molecule has 2 unspecified atom stereocenters. The van der Waals surface area contributed by atoms with Gasteiger partial charge in [-0.25, -0.2) is 0 Å². The molecule has 2 nitrogen and oxygen atoms in total.